The molecule has 0 fully saturated rings. The Balaban J connectivity index is 5.32. The molecule has 0 spiro atoms. The lowest BCUT2D eigenvalue weighted by Crippen LogP contribution is -2.30. The van der Waals surface area contributed by atoms with Crippen molar-refractivity contribution in [3.05, 3.63) is 85.1 Å². The van der Waals surface area contributed by atoms with Gasteiger partial charge in [-0.25, -0.2) is 9.13 Å². The molecule has 0 rings (SSSR count). The average molecular weight is 1420 g/mol. The molecule has 0 amide bonds. The first-order valence-electron chi connectivity index (χ1n) is 38.8. The molecule has 98 heavy (non-hydrogen) atoms. The lowest BCUT2D eigenvalue weighted by Gasteiger charge is -2.21. The van der Waals surface area contributed by atoms with Gasteiger partial charge in [0.15, 0.2) is 12.2 Å². The normalized spacial score (nSPS) is 14.4. The standard InChI is InChI=1S/C79H140O17P2/c1-5-9-13-17-21-25-29-32-34-35-36-37-39-42-45-48-52-56-60-64-77(82)89-69-74(95-78(83)65-61-57-53-49-43-28-24-20-16-12-8-4)71-93-97(85,86)91-67-73(80)68-92-98(87,88)94-72-75(96-79(84)66-62-58-54-50-46-40-31-27-23-19-15-11-7-3)70-90-76(81)63-59-55-51-47-44-41-38-33-30-26-22-18-14-10-6-2/h9,13,21,25,27,31-34,36-38,42,45,73-75,80H,5-8,10-12,14-20,22-24,26,28-30,35,39-41,43-44,46-72H2,1-4H3,(H,85,86)(H,87,88)/b13-9-,25-21-,31-27-,34-32-,37-36-,38-33-,45-42-. The minimum absolute atomic E-state index is 0.0853. The first-order valence-corrected chi connectivity index (χ1v) is 41.8. The van der Waals surface area contributed by atoms with Crippen LogP contribution in [0.2, 0.25) is 0 Å². The van der Waals surface area contributed by atoms with Gasteiger partial charge in [-0.15, -0.1) is 0 Å². The number of aliphatic hydroxyl groups excluding tert-OH is 1. The van der Waals surface area contributed by atoms with Gasteiger partial charge in [0.1, 0.15) is 19.3 Å². The van der Waals surface area contributed by atoms with Crippen molar-refractivity contribution in [1.82, 2.24) is 0 Å². The first kappa shape index (κ1) is 94.2. The number of phosphoric ester groups is 2. The van der Waals surface area contributed by atoms with Gasteiger partial charge in [0.25, 0.3) is 0 Å². The van der Waals surface area contributed by atoms with E-state index in [1.165, 1.54) is 103 Å². The molecule has 17 nitrogen and oxygen atoms in total. The van der Waals surface area contributed by atoms with Crippen LogP contribution in [0.3, 0.4) is 0 Å². The third-order valence-electron chi connectivity index (χ3n) is 16.3. The highest BCUT2D eigenvalue weighted by atomic mass is 31.2. The quantitative estimate of drug-likeness (QED) is 0.0169. The zero-order valence-electron chi connectivity index (χ0n) is 62.0. The van der Waals surface area contributed by atoms with Crippen molar-refractivity contribution in [2.75, 3.05) is 39.6 Å². The first-order chi connectivity index (χ1) is 47.7. The zero-order chi connectivity index (χ0) is 71.8. The van der Waals surface area contributed by atoms with Crippen LogP contribution in [0.4, 0.5) is 0 Å². The Hall–Kier alpha value is -3.76. The third kappa shape index (κ3) is 70.7. The minimum Gasteiger partial charge on any atom is -0.462 e. The van der Waals surface area contributed by atoms with E-state index in [0.29, 0.717) is 25.7 Å². The van der Waals surface area contributed by atoms with Gasteiger partial charge in [-0.1, -0.05) is 273 Å². The molecule has 0 aromatic heterocycles. The van der Waals surface area contributed by atoms with Crippen LogP contribution in [0.1, 0.15) is 336 Å². The predicted octanol–water partition coefficient (Wildman–Crippen LogP) is 22.2. The Labute approximate surface area is 595 Å². The smallest absolute Gasteiger partial charge is 0.462 e. The largest absolute Gasteiger partial charge is 0.472 e. The van der Waals surface area contributed by atoms with Gasteiger partial charge in [-0.2, -0.15) is 0 Å². The second kappa shape index (κ2) is 71.6. The minimum atomic E-state index is -4.98. The van der Waals surface area contributed by atoms with Crippen LogP contribution in [0, 0.1) is 0 Å². The molecule has 568 valence electrons. The molecule has 0 radical (unpaired) electrons. The number of phosphoric acid groups is 2. The SMILES string of the molecule is CC/C=C\C/C=C\C/C=C\C/C=C\C/C=C\CCCCCC(=O)OCC(COP(=O)(O)OCC(O)COP(=O)(O)OCC(COC(=O)CCCCCCC/C=C\CCCCCCCC)OC(=O)CCCCCCC/C=C\CCCCCC)OC(=O)CCCCCCCCCCCCC. The van der Waals surface area contributed by atoms with Crippen molar-refractivity contribution in [1.29, 1.82) is 0 Å². The maximum atomic E-state index is 13.1. The molecule has 0 saturated heterocycles. The molecule has 0 aromatic carbocycles. The molecule has 0 aliphatic heterocycles. The fourth-order valence-corrected chi connectivity index (χ4v) is 12.0. The Kier molecular flexibility index (Phi) is 68.9. The maximum absolute atomic E-state index is 13.1. The highest BCUT2D eigenvalue weighted by Crippen LogP contribution is 2.45. The van der Waals surface area contributed by atoms with Crippen LogP contribution in [0.15, 0.2) is 85.1 Å². The van der Waals surface area contributed by atoms with E-state index in [9.17, 15) is 43.2 Å². The van der Waals surface area contributed by atoms with Gasteiger partial charge in [0.05, 0.1) is 26.4 Å². The van der Waals surface area contributed by atoms with Crippen LogP contribution in [0.25, 0.3) is 0 Å². The van der Waals surface area contributed by atoms with E-state index in [1.54, 1.807) is 0 Å². The number of hydrogen-bond donors (Lipinski definition) is 3. The number of carbonyl (C=O) groups is 4. The van der Waals surface area contributed by atoms with Crippen LogP contribution in [0.5, 0.6) is 0 Å². The highest BCUT2D eigenvalue weighted by molar-refractivity contribution is 7.47. The summed E-state index contributed by atoms with van der Waals surface area (Å²) in [5.41, 5.74) is 0. The molecule has 0 bridgehead atoms. The summed E-state index contributed by atoms with van der Waals surface area (Å²) in [6.45, 7) is 4.71. The number of esters is 4. The Morgan fingerprint density at radius 1 is 0.296 bits per heavy atom. The van der Waals surface area contributed by atoms with E-state index in [4.69, 9.17) is 37.0 Å². The molecule has 3 N–H and O–H groups in total. The van der Waals surface area contributed by atoms with Crippen molar-refractivity contribution < 1.29 is 80.2 Å². The lowest BCUT2D eigenvalue weighted by atomic mass is 10.1. The second-order valence-corrected chi connectivity index (χ2v) is 28.8. The molecule has 19 heteroatoms. The number of carbonyl (C=O) groups excluding carboxylic acids is 4. The zero-order valence-corrected chi connectivity index (χ0v) is 63.7. The van der Waals surface area contributed by atoms with E-state index in [0.717, 1.165) is 154 Å². The van der Waals surface area contributed by atoms with E-state index in [2.05, 4.69) is 113 Å². The number of aliphatic hydroxyl groups is 1. The maximum Gasteiger partial charge on any atom is 0.472 e. The monoisotopic (exact) mass is 1420 g/mol. The molecular formula is C79H140O17P2. The van der Waals surface area contributed by atoms with Crippen LogP contribution in [-0.4, -0.2) is 96.7 Å². The number of hydrogen-bond acceptors (Lipinski definition) is 15. The molecule has 5 atom stereocenters. The summed E-state index contributed by atoms with van der Waals surface area (Å²) >= 11 is 0. The second-order valence-electron chi connectivity index (χ2n) is 25.9. The number of allylic oxidation sites excluding steroid dienone is 14. The Bertz CT molecular complexity index is 2190. The molecular weight excluding hydrogens is 1280 g/mol. The van der Waals surface area contributed by atoms with Crippen molar-refractivity contribution in [2.45, 2.75) is 354 Å². The summed E-state index contributed by atoms with van der Waals surface area (Å²) in [7, 11) is -9.95. The van der Waals surface area contributed by atoms with Gasteiger partial charge in [0, 0.05) is 25.7 Å². The van der Waals surface area contributed by atoms with Gasteiger partial charge < -0.3 is 33.8 Å². The fourth-order valence-electron chi connectivity index (χ4n) is 10.4. The van der Waals surface area contributed by atoms with E-state index < -0.39 is 97.5 Å². The summed E-state index contributed by atoms with van der Waals surface area (Å²) in [6.07, 6.45) is 72.9. The molecule has 0 aliphatic rings. The molecule has 0 heterocycles. The number of rotatable bonds is 73. The van der Waals surface area contributed by atoms with E-state index in [1.807, 2.05) is 0 Å². The topological polar surface area (TPSA) is 237 Å². The summed E-state index contributed by atoms with van der Waals surface area (Å²) in [5.74, 6) is -2.21. The predicted molar refractivity (Wildman–Crippen MR) is 399 cm³/mol. The molecule has 0 aliphatic carbocycles. The Morgan fingerprint density at radius 3 is 0.847 bits per heavy atom. The molecule has 0 saturated carbocycles. The lowest BCUT2D eigenvalue weighted by molar-refractivity contribution is -0.161. The summed E-state index contributed by atoms with van der Waals surface area (Å²) in [6, 6.07) is 0. The third-order valence-corrected chi connectivity index (χ3v) is 18.2. The van der Waals surface area contributed by atoms with Gasteiger partial charge >= 0.3 is 39.5 Å². The van der Waals surface area contributed by atoms with Crippen molar-refractivity contribution >= 4 is 39.5 Å². The fraction of sp³-hybridized carbons (Fsp3) is 0.772. The van der Waals surface area contributed by atoms with Gasteiger partial charge in [0.2, 0.25) is 0 Å². The van der Waals surface area contributed by atoms with Crippen LogP contribution in [-0.2, 0) is 65.4 Å². The summed E-state index contributed by atoms with van der Waals surface area (Å²) in [4.78, 5) is 72.8. The van der Waals surface area contributed by atoms with Gasteiger partial charge in [-0.3, -0.25) is 37.3 Å². The van der Waals surface area contributed by atoms with Gasteiger partial charge in [-0.05, 0) is 122 Å². The summed E-state index contributed by atoms with van der Waals surface area (Å²) in [5, 5.41) is 10.6. The van der Waals surface area contributed by atoms with Crippen LogP contribution >= 0.6 is 15.6 Å². The van der Waals surface area contributed by atoms with Crippen LogP contribution < -0.4 is 0 Å². The Morgan fingerprint density at radius 2 is 0.531 bits per heavy atom. The van der Waals surface area contributed by atoms with E-state index >= 15 is 0 Å². The highest BCUT2D eigenvalue weighted by Gasteiger charge is 2.30. The van der Waals surface area contributed by atoms with Crippen molar-refractivity contribution in [2.24, 2.45) is 0 Å². The number of unbranched alkanes of at least 4 members (excludes halogenated alkanes) is 33. The van der Waals surface area contributed by atoms with Crippen molar-refractivity contribution in [3.8, 4) is 0 Å². The van der Waals surface area contributed by atoms with E-state index in [-0.39, 0.29) is 25.7 Å². The summed E-state index contributed by atoms with van der Waals surface area (Å²) < 4.78 is 68.4. The molecule has 5 unspecified atom stereocenters. The molecule has 0 aromatic rings. The van der Waals surface area contributed by atoms with Crippen molar-refractivity contribution in [3.63, 3.8) is 0 Å². The number of ether oxygens (including phenoxy) is 4. The average Bonchev–Trinajstić information content (AvgIpc) is 1.00.